The van der Waals surface area contributed by atoms with E-state index in [-0.39, 0.29) is 0 Å². The summed E-state index contributed by atoms with van der Waals surface area (Å²) in [6, 6.07) is 4.38. The van der Waals surface area contributed by atoms with Crippen molar-refractivity contribution >= 4 is 6.08 Å². The fraction of sp³-hybridized carbons (Fsp3) is 0.286. The van der Waals surface area contributed by atoms with E-state index < -0.39 is 0 Å². The Morgan fingerprint density at radius 2 is 2.07 bits per heavy atom. The molecule has 0 amide bonds. The molecule has 0 radical (unpaired) electrons. The summed E-state index contributed by atoms with van der Waals surface area (Å²) in [6.45, 7) is 10.1. The minimum atomic E-state index is 0.589. The maximum absolute atomic E-state index is 5.50. The Morgan fingerprint density at radius 3 is 2.60 bits per heavy atom. The summed E-state index contributed by atoms with van der Waals surface area (Å²) >= 11 is 0. The first kappa shape index (κ1) is 11.6. The summed E-state index contributed by atoms with van der Waals surface area (Å²) in [7, 11) is 0. The third-order valence-corrected chi connectivity index (χ3v) is 2.67. The lowest BCUT2D eigenvalue weighted by molar-refractivity contribution is 1.09. The number of hydrogen-bond donors (Lipinski definition) is 1. The quantitative estimate of drug-likeness (QED) is 0.746. The predicted octanol–water partition coefficient (Wildman–Crippen LogP) is 3.35. The SMILES string of the molecule is C=C(N)/C=C/c1cc(C)c(C)c(CC)c1. The van der Waals surface area contributed by atoms with Crippen LogP contribution >= 0.6 is 0 Å². The van der Waals surface area contributed by atoms with Crippen LogP contribution < -0.4 is 5.73 Å². The Balaban J connectivity index is 3.11. The molecule has 1 heteroatoms. The lowest BCUT2D eigenvalue weighted by atomic mass is 9.98. The van der Waals surface area contributed by atoms with Crippen molar-refractivity contribution in [2.75, 3.05) is 0 Å². The van der Waals surface area contributed by atoms with Gasteiger partial charge in [0.2, 0.25) is 0 Å². The molecule has 0 saturated carbocycles. The molecule has 2 N–H and O–H groups in total. The van der Waals surface area contributed by atoms with Gasteiger partial charge in [-0.1, -0.05) is 31.7 Å². The van der Waals surface area contributed by atoms with Crippen LogP contribution in [0.2, 0.25) is 0 Å². The van der Waals surface area contributed by atoms with E-state index in [1.54, 1.807) is 0 Å². The number of nitrogens with two attached hydrogens (primary N) is 1. The molecule has 0 spiro atoms. The van der Waals surface area contributed by atoms with Crippen LogP contribution in [0.15, 0.2) is 30.5 Å². The zero-order valence-corrected chi connectivity index (χ0v) is 9.80. The lowest BCUT2D eigenvalue weighted by Crippen LogP contribution is -1.92. The molecule has 0 unspecified atom stereocenters. The van der Waals surface area contributed by atoms with Gasteiger partial charge in [-0.2, -0.15) is 0 Å². The first-order valence-corrected chi connectivity index (χ1v) is 5.27. The molecule has 0 aliphatic carbocycles. The molecule has 0 atom stereocenters. The van der Waals surface area contributed by atoms with Crippen LogP contribution in [0.25, 0.3) is 6.08 Å². The highest BCUT2D eigenvalue weighted by atomic mass is 14.5. The van der Waals surface area contributed by atoms with Gasteiger partial charge in [-0.05, 0) is 48.6 Å². The van der Waals surface area contributed by atoms with E-state index in [0.717, 1.165) is 6.42 Å². The van der Waals surface area contributed by atoms with E-state index in [1.165, 1.54) is 22.3 Å². The minimum Gasteiger partial charge on any atom is -0.399 e. The standard InChI is InChI=1S/C14H19N/c1-5-14-9-13(7-6-11(3)15)8-10(2)12(14)4/h6-9H,3,5,15H2,1-2,4H3/b7-6+. The van der Waals surface area contributed by atoms with Gasteiger partial charge in [0.05, 0.1) is 0 Å². The lowest BCUT2D eigenvalue weighted by Gasteiger charge is -2.08. The molecule has 80 valence electrons. The maximum atomic E-state index is 5.50. The Bertz CT molecular complexity index is 400. The number of rotatable bonds is 3. The number of benzene rings is 1. The number of aryl methyl sites for hydroxylation is 2. The third-order valence-electron chi connectivity index (χ3n) is 2.67. The Labute approximate surface area is 92.3 Å². The Morgan fingerprint density at radius 1 is 1.40 bits per heavy atom. The average molecular weight is 201 g/mol. The van der Waals surface area contributed by atoms with E-state index in [1.807, 2.05) is 12.2 Å². The monoisotopic (exact) mass is 201 g/mol. The summed E-state index contributed by atoms with van der Waals surface area (Å²) in [5.74, 6) is 0. The maximum Gasteiger partial charge on any atom is 0.0241 e. The van der Waals surface area contributed by atoms with Crippen molar-refractivity contribution in [2.24, 2.45) is 5.73 Å². The first-order chi connectivity index (χ1) is 7.04. The number of allylic oxidation sites excluding steroid dienone is 1. The van der Waals surface area contributed by atoms with Crippen LogP contribution in [0.1, 0.15) is 29.2 Å². The van der Waals surface area contributed by atoms with Gasteiger partial charge in [0, 0.05) is 5.70 Å². The minimum absolute atomic E-state index is 0.589. The van der Waals surface area contributed by atoms with Gasteiger partial charge in [-0.15, -0.1) is 0 Å². The van der Waals surface area contributed by atoms with Crippen LogP contribution in [0.4, 0.5) is 0 Å². The molecule has 1 rings (SSSR count). The molecular weight excluding hydrogens is 182 g/mol. The summed E-state index contributed by atoms with van der Waals surface area (Å²) in [5, 5.41) is 0. The van der Waals surface area contributed by atoms with Crippen molar-refractivity contribution in [3.05, 3.63) is 52.7 Å². The van der Waals surface area contributed by atoms with Gasteiger partial charge in [0.15, 0.2) is 0 Å². The summed E-state index contributed by atoms with van der Waals surface area (Å²) < 4.78 is 0. The van der Waals surface area contributed by atoms with E-state index in [4.69, 9.17) is 5.73 Å². The van der Waals surface area contributed by atoms with Crippen molar-refractivity contribution in [3.8, 4) is 0 Å². The van der Waals surface area contributed by atoms with Crippen LogP contribution in [0.3, 0.4) is 0 Å². The highest BCUT2D eigenvalue weighted by Gasteiger charge is 2.00. The van der Waals surface area contributed by atoms with Crippen LogP contribution in [-0.4, -0.2) is 0 Å². The normalized spacial score (nSPS) is 10.9. The van der Waals surface area contributed by atoms with Gasteiger partial charge in [0.1, 0.15) is 0 Å². The van der Waals surface area contributed by atoms with Gasteiger partial charge in [0.25, 0.3) is 0 Å². The van der Waals surface area contributed by atoms with Crippen LogP contribution in [-0.2, 0) is 6.42 Å². The summed E-state index contributed by atoms with van der Waals surface area (Å²) in [6.07, 6.45) is 4.91. The smallest absolute Gasteiger partial charge is 0.0241 e. The van der Waals surface area contributed by atoms with Gasteiger partial charge >= 0.3 is 0 Å². The van der Waals surface area contributed by atoms with E-state index >= 15 is 0 Å². The molecule has 1 aromatic carbocycles. The first-order valence-electron chi connectivity index (χ1n) is 5.27. The molecule has 15 heavy (non-hydrogen) atoms. The summed E-state index contributed by atoms with van der Waals surface area (Å²) in [5.41, 5.74) is 11.4. The van der Waals surface area contributed by atoms with E-state index in [0.29, 0.717) is 5.70 Å². The fourth-order valence-electron chi connectivity index (χ4n) is 1.63. The van der Waals surface area contributed by atoms with Crippen molar-refractivity contribution in [1.29, 1.82) is 0 Å². The number of hydrogen-bond acceptors (Lipinski definition) is 1. The highest BCUT2D eigenvalue weighted by Crippen LogP contribution is 2.18. The molecule has 0 fully saturated rings. The van der Waals surface area contributed by atoms with Crippen molar-refractivity contribution in [3.63, 3.8) is 0 Å². The molecule has 0 aromatic heterocycles. The van der Waals surface area contributed by atoms with Gasteiger partial charge in [-0.3, -0.25) is 0 Å². The largest absolute Gasteiger partial charge is 0.399 e. The van der Waals surface area contributed by atoms with Gasteiger partial charge < -0.3 is 5.73 Å². The fourth-order valence-corrected chi connectivity index (χ4v) is 1.63. The topological polar surface area (TPSA) is 26.0 Å². The summed E-state index contributed by atoms with van der Waals surface area (Å²) in [4.78, 5) is 0. The Hall–Kier alpha value is -1.50. The highest BCUT2D eigenvalue weighted by molar-refractivity contribution is 5.56. The third kappa shape index (κ3) is 2.98. The molecule has 0 aliphatic heterocycles. The zero-order chi connectivity index (χ0) is 11.4. The second-order valence-corrected chi connectivity index (χ2v) is 3.88. The molecule has 0 saturated heterocycles. The second kappa shape index (κ2) is 4.83. The van der Waals surface area contributed by atoms with E-state index in [9.17, 15) is 0 Å². The molecular formula is C14H19N. The van der Waals surface area contributed by atoms with Crippen molar-refractivity contribution in [1.82, 2.24) is 0 Å². The van der Waals surface area contributed by atoms with Crippen molar-refractivity contribution < 1.29 is 0 Å². The molecule has 1 nitrogen and oxygen atoms in total. The average Bonchev–Trinajstić information content (AvgIpc) is 2.19. The van der Waals surface area contributed by atoms with Crippen molar-refractivity contribution in [2.45, 2.75) is 27.2 Å². The van der Waals surface area contributed by atoms with Crippen LogP contribution in [0.5, 0.6) is 0 Å². The second-order valence-electron chi connectivity index (χ2n) is 3.88. The Kier molecular flexibility index (Phi) is 3.73. The van der Waals surface area contributed by atoms with E-state index in [2.05, 4.69) is 39.5 Å². The molecule has 0 aliphatic rings. The molecule has 1 aromatic rings. The van der Waals surface area contributed by atoms with Gasteiger partial charge in [-0.25, -0.2) is 0 Å². The predicted molar refractivity (Wildman–Crippen MR) is 67.7 cm³/mol. The molecule has 0 heterocycles. The zero-order valence-electron chi connectivity index (χ0n) is 9.80. The molecule has 0 bridgehead atoms. The van der Waals surface area contributed by atoms with Crippen LogP contribution in [0, 0.1) is 13.8 Å².